The summed E-state index contributed by atoms with van der Waals surface area (Å²) in [4.78, 5) is 0. The van der Waals surface area contributed by atoms with Crippen LogP contribution in [0, 0.1) is 11.8 Å². The van der Waals surface area contributed by atoms with Gasteiger partial charge in [0.1, 0.15) is 5.75 Å². The predicted molar refractivity (Wildman–Crippen MR) is 113 cm³/mol. The average Bonchev–Trinajstić information content (AvgIpc) is 2.72. The number of phenolic OH excluding ortho intramolecular Hbond substituents is 1. The van der Waals surface area contributed by atoms with E-state index in [0.29, 0.717) is 17.8 Å². The van der Waals surface area contributed by atoms with Crippen molar-refractivity contribution in [2.75, 3.05) is 6.61 Å². The summed E-state index contributed by atoms with van der Waals surface area (Å²) in [6.45, 7) is 13.2. The van der Waals surface area contributed by atoms with Crippen LogP contribution in [-0.4, -0.2) is 17.8 Å². The molecule has 2 nitrogen and oxygen atoms in total. The molecule has 0 bridgehead atoms. The lowest BCUT2D eigenvalue weighted by Gasteiger charge is -2.31. The minimum absolute atomic E-state index is 0.347. The fourth-order valence-corrected chi connectivity index (χ4v) is 4.08. The number of phenols is 1. The van der Waals surface area contributed by atoms with Crippen molar-refractivity contribution in [1.29, 1.82) is 0 Å². The van der Waals surface area contributed by atoms with Crippen molar-refractivity contribution >= 4 is 0 Å². The summed E-state index contributed by atoms with van der Waals surface area (Å²) in [5.74, 6) is 2.76. The SMILES string of the molecule is C=C.CC.CC1CCC(CCC2CCC(c3ccc(O)cc3)CO2)CC1. The minimum Gasteiger partial charge on any atom is -0.508 e. The second kappa shape index (κ2) is 13.0. The quantitative estimate of drug-likeness (QED) is 0.581. The van der Waals surface area contributed by atoms with E-state index in [2.05, 4.69) is 20.1 Å². The van der Waals surface area contributed by atoms with Gasteiger partial charge in [0.25, 0.3) is 0 Å². The monoisotopic (exact) mass is 360 g/mol. The fourth-order valence-electron chi connectivity index (χ4n) is 4.08. The molecule has 2 aliphatic rings. The van der Waals surface area contributed by atoms with E-state index in [4.69, 9.17) is 4.74 Å². The highest BCUT2D eigenvalue weighted by molar-refractivity contribution is 5.28. The molecule has 0 amide bonds. The summed E-state index contributed by atoms with van der Waals surface area (Å²) < 4.78 is 6.12. The van der Waals surface area contributed by atoms with Crippen molar-refractivity contribution in [3.63, 3.8) is 0 Å². The molecule has 0 radical (unpaired) electrons. The predicted octanol–water partition coefficient (Wildman–Crippen LogP) is 7.09. The zero-order valence-electron chi connectivity index (χ0n) is 17.3. The third-order valence-electron chi connectivity index (χ3n) is 5.77. The lowest BCUT2D eigenvalue weighted by Crippen LogP contribution is -2.25. The maximum Gasteiger partial charge on any atom is 0.115 e. The standard InChI is InChI=1S/C20H30O2.C2H6.C2H4/c1-15-2-4-16(5-3-15)6-12-20-13-9-18(14-22-20)17-7-10-19(21)11-8-17;2*1-2/h7-8,10-11,15-16,18,20-21H,2-6,9,12-14H2,1H3;1-2H3;1-2H2. The van der Waals surface area contributed by atoms with Gasteiger partial charge in [-0.2, -0.15) is 0 Å². The zero-order chi connectivity index (χ0) is 19.4. The van der Waals surface area contributed by atoms with Gasteiger partial charge in [-0.05, 0) is 55.2 Å². The summed E-state index contributed by atoms with van der Waals surface area (Å²) in [5.41, 5.74) is 1.30. The second-order valence-corrected chi connectivity index (χ2v) is 7.52. The molecule has 1 saturated carbocycles. The van der Waals surface area contributed by atoms with E-state index in [1.165, 1.54) is 56.9 Å². The molecule has 1 aliphatic heterocycles. The van der Waals surface area contributed by atoms with Gasteiger partial charge in [0.05, 0.1) is 12.7 Å². The Bertz CT molecular complexity index is 452. The Kier molecular flexibility index (Phi) is 11.4. The molecule has 3 rings (SSSR count). The lowest BCUT2D eigenvalue weighted by molar-refractivity contribution is -0.00519. The van der Waals surface area contributed by atoms with Crippen LogP contribution in [0.2, 0.25) is 0 Å². The van der Waals surface area contributed by atoms with Gasteiger partial charge >= 0.3 is 0 Å². The highest BCUT2D eigenvalue weighted by Crippen LogP contribution is 2.34. The van der Waals surface area contributed by atoms with Gasteiger partial charge < -0.3 is 9.84 Å². The Morgan fingerprint density at radius 3 is 2.08 bits per heavy atom. The topological polar surface area (TPSA) is 29.5 Å². The number of rotatable bonds is 4. The van der Waals surface area contributed by atoms with E-state index in [-0.39, 0.29) is 0 Å². The Hall–Kier alpha value is -1.28. The van der Waals surface area contributed by atoms with Crippen LogP contribution >= 0.6 is 0 Å². The molecule has 0 aromatic heterocycles. The summed E-state index contributed by atoms with van der Waals surface area (Å²) in [6, 6.07) is 7.64. The molecule has 0 spiro atoms. The third kappa shape index (κ3) is 7.53. The van der Waals surface area contributed by atoms with E-state index < -0.39 is 0 Å². The smallest absolute Gasteiger partial charge is 0.115 e. The van der Waals surface area contributed by atoms with Crippen LogP contribution < -0.4 is 0 Å². The summed E-state index contributed by atoms with van der Waals surface area (Å²) in [6.07, 6.45) is 11.2. The average molecular weight is 361 g/mol. The molecule has 1 saturated heterocycles. The van der Waals surface area contributed by atoms with Crippen molar-refractivity contribution in [2.24, 2.45) is 11.8 Å². The molecule has 2 fully saturated rings. The van der Waals surface area contributed by atoms with Crippen LogP contribution in [0.4, 0.5) is 0 Å². The molecule has 1 aliphatic carbocycles. The van der Waals surface area contributed by atoms with Gasteiger partial charge in [-0.15, -0.1) is 13.2 Å². The van der Waals surface area contributed by atoms with Crippen LogP contribution in [0.15, 0.2) is 37.4 Å². The number of hydrogen-bond donors (Lipinski definition) is 1. The molecule has 148 valence electrons. The molecule has 2 unspecified atom stereocenters. The molecule has 2 atom stereocenters. The molecular formula is C24H40O2. The molecule has 1 heterocycles. The third-order valence-corrected chi connectivity index (χ3v) is 5.77. The van der Waals surface area contributed by atoms with E-state index in [9.17, 15) is 5.11 Å². The number of aromatic hydroxyl groups is 1. The molecule has 1 N–H and O–H groups in total. The number of hydrogen-bond acceptors (Lipinski definition) is 2. The number of ether oxygens (including phenoxy) is 1. The van der Waals surface area contributed by atoms with Gasteiger partial charge in [-0.3, -0.25) is 0 Å². The molecule has 26 heavy (non-hydrogen) atoms. The maximum absolute atomic E-state index is 9.38. The summed E-state index contributed by atoms with van der Waals surface area (Å²) in [5, 5.41) is 9.38. The van der Waals surface area contributed by atoms with Crippen molar-refractivity contribution in [3.8, 4) is 5.75 Å². The van der Waals surface area contributed by atoms with Gasteiger partial charge in [0.15, 0.2) is 0 Å². The lowest BCUT2D eigenvalue weighted by atomic mass is 9.80. The normalized spacial score (nSPS) is 28.1. The van der Waals surface area contributed by atoms with Crippen molar-refractivity contribution < 1.29 is 9.84 Å². The second-order valence-electron chi connectivity index (χ2n) is 7.52. The van der Waals surface area contributed by atoms with Crippen LogP contribution in [0.25, 0.3) is 0 Å². The minimum atomic E-state index is 0.347. The van der Waals surface area contributed by atoms with Crippen LogP contribution in [0.5, 0.6) is 5.75 Å². The highest BCUT2D eigenvalue weighted by Gasteiger charge is 2.25. The van der Waals surface area contributed by atoms with E-state index in [1.54, 1.807) is 12.1 Å². The van der Waals surface area contributed by atoms with Crippen LogP contribution in [0.1, 0.15) is 83.6 Å². The Morgan fingerprint density at radius 1 is 0.923 bits per heavy atom. The van der Waals surface area contributed by atoms with Gasteiger partial charge in [0.2, 0.25) is 0 Å². The van der Waals surface area contributed by atoms with Crippen molar-refractivity contribution in [3.05, 3.63) is 43.0 Å². The highest BCUT2D eigenvalue weighted by atomic mass is 16.5. The summed E-state index contributed by atoms with van der Waals surface area (Å²) >= 11 is 0. The Balaban J connectivity index is 0.000000791. The number of benzene rings is 1. The maximum atomic E-state index is 9.38. The zero-order valence-corrected chi connectivity index (χ0v) is 17.3. The molecule has 1 aromatic carbocycles. The van der Waals surface area contributed by atoms with E-state index in [0.717, 1.165) is 18.4 Å². The molecule has 2 heteroatoms. The van der Waals surface area contributed by atoms with Crippen LogP contribution in [0.3, 0.4) is 0 Å². The first-order valence-corrected chi connectivity index (χ1v) is 10.6. The summed E-state index contributed by atoms with van der Waals surface area (Å²) in [7, 11) is 0. The first-order valence-electron chi connectivity index (χ1n) is 10.6. The van der Waals surface area contributed by atoms with E-state index >= 15 is 0 Å². The van der Waals surface area contributed by atoms with Crippen molar-refractivity contribution in [2.45, 2.75) is 84.2 Å². The first-order chi connectivity index (χ1) is 12.7. The Morgan fingerprint density at radius 2 is 1.54 bits per heavy atom. The fraction of sp³-hybridized carbons (Fsp3) is 0.667. The first kappa shape index (κ1) is 22.8. The largest absolute Gasteiger partial charge is 0.508 e. The van der Waals surface area contributed by atoms with Gasteiger partial charge in [-0.1, -0.05) is 58.6 Å². The van der Waals surface area contributed by atoms with Gasteiger partial charge in [-0.25, -0.2) is 0 Å². The molecular weight excluding hydrogens is 320 g/mol. The van der Waals surface area contributed by atoms with Crippen molar-refractivity contribution in [1.82, 2.24) is 0 Å². The van der Waals surface area contributed by atoms with E-state index in [1.807, 2.05) is 26.0 Å². The van der Waals surface area contributed by atoms with Crippen LogP contribution in [-0.2, 0) is 4.74 Å². The Labute approximate surface area is 161 Å². The van der Waals surface area contributed by atoms with Gasteiger partial charge in [0, 0.05) is 5.92 Å². The molecule has 1 aromatic rings.